The molecule has 47 heavy (non-hydrogen) atoms. The Kier molecular flexibility index (Phi) is 16.0. The van der Waals surface area contributed by atoms with Crippen LogP contribution in [0, 0.1) is 0 Å². The maximum atomic E-state index is 12.8. The van der Waals surface area contributed by atoms with Crippen LogP contribution in [0.25, 0.3) is 0 Å². The Morgan fingerprint density at radius 1 is 0.894 bits per heavy atom. The van der Waals surface area contributed by atoms with Gasteiger partial charge in [-0.15, -0.1) is 0 Å². The summed E-state index contributed by atoms with van der Waals surface area (Å²) in [6.07, 6.45) is -22.0. The number of nitrogens with two attached hydrogens (primary N) is 1. The minimum Gasteiger partial charge on any atom is -0.394 e. The fourth-order valence-corrected chi connectivity index (χ4v) is 5.86. The summed E-state index contributed by atoms with van der Waals surface area (Å²) < 4.78 is 44.6. The largest absolute Gasteiger partial charge is 0.472 e. The molecule has 0 spiro atoms. The lowest BCUT2D eigenvalue weighted by Gasteiger charge is -2.48. The summed E-state index contributed by atoms with van der Waals surface area (Å²) in [4.78, 5) is 22.5. The van der Waals surface area contributed by atoms with Crippen LogP contribution in [0.15, 0.2) is 30.3 Å². The van der Waals surface area contributed by atoms with Gasteiger partial charge in [0, 0.05) is 6.54 Å². The molecule has 0 radical (unpaired) electrons. The summed E-state index contributed by atoms with van der Waals surface area (Å²) in [5.41, 5.74) is 6.19. The molecule has 0 bridgehead atoms. The van der Waals surface area contributed by atoms with Crippen molar-refractivity contribution in [1.29, 1.82) is 0 Å². The number of rotatable bonds is 18. The first-order chi connectivity index (χ1) is 22.3. The van der Waals surface area contributed by atoms with Gasteiger partial charge in [-0.3, -0.25) is 13.8 Å². The van der Waals surface area contributed by atoms with Gasteiger partial charge in [0.1, 0.15) is 61.0 Å². The zero-order valence-electron chi connectivity index (χ0n) is 25.3. The summed E-state index contributed by atoms with van der Waals surface area (Å²) in [5.74, 6) is -0.400. The van der Waals surface area contributed by atoms with Crippen LogP contribution in [0.3, 0.4) is 0 Å². The van der Waals surface area contributed by atoms with E-state index in [1.54, 1.807) is 30.3 Å². The van der Waals surface area contributed by atoms with Gasteiger partial charge in [0.15, 0.2) is 12.6 Å². The van der Waals surface area contributed by atoms with Gasteiger partial charge in [0.2, 0.25) is 5.91 Å². The van der Waals surface area contributed by atoms with Crippen molar-refractivity contribution in [2.24, 2.45) is 5.73 Å². The molecule has 1 unspecified atom stereocenters. The fourth-order valence-electron chi connectivity index (χ4n) is 4.92. The number of nitrogens with one attached hydrogen (secondary N) is 1. The molecule has 2 heterocycles. The number of carbonyl (C=O) groups excluding carboxylic acids is 1. The molecule has 2 aliphatic rings. The number of hydrogen-bond donors (Lipinski definition) is 11. The molecule has 1 aromatic rings. The molecule has 1 amide bonds. The highest BCUT2D eigenvalue weighted by atomic mass is 31.2. The third-order valence-electron chi connectivity index (χ3n) is 7.36. The summed E-state index contributed by atoms with van der Waals surface area (Å²) >= 11 is 0. The molecule has 2 fully saturated rings. The van der Waals surface area contributed by atoms with Crippen LogP contribution < -0.4 is 11.1 Å². The van der Waals surface area contributed by atoms with Crippen LogP contribution in [-0.4, -0.2) is 165 Å². The number of benzene rings is 1. The molecule has 19 nitrogen and oxygen atoms in total. The molecule has 2 saturated heterocycles. The molecule has 0 aromatic heterocycles. The third kappa shape index (κ3) is 11.1. The van der Waals surface area contributed by atoms with Gasteiger partial charge in [0.25, 0.3) is 0 Å². The normalized spacial score (nSPS) is 33.9. The van der Waals surface area contributed by atoms with Crippen LogP contribution in [0.1, 0.15) is 12.0 Å². The van der Waals surface area contributed by atoms with Crippen molar-refractivity contribution >= 4 is 13.7 Å². The minimum atomic E-state index is -5.11. The molecule has 270 valence electrons. The number of aliphatic hydroxyl groups excluding tert-OH is 8. The SMILES string of the molecule is NCCCO[C@H]1O[C@H]([C@@H](O)CO)[C@@H](O)[C@H](O[C@H]2O[C@H]([C@@H](O)CO)[C@@H](O)[C@H](OP(=O)(O)OCCNC(=O)Cc3ccccc3)[C@@H]2O)[C@@H]1O. The highest BCUT2D eigenvalue weighted by Crippen LogP contribution is 2.47. The second kappa shape index (κ2) is 18.9. The molecule has 0 saturated carbocycles. The summed E-state index contributed by atoms with van der Waals surface area (Å²) in [6, 6.07) is 8.78. The average Bonchev–Trinajstić information content (AvgIpc) is 3.05. The van der Waals surface area contributed by atoms with Crippen molar-refractivity contribution in [1.82, 2.24) is 5.32 Å². The lowest BCUT2D eigenvalue weighted by Crippen LogP contribution is -2.67. The number of hydrogen-bond acceptors (Lipinski definition) is 17. The Morgan fingerprint density at radius 3 is 2.06 bits per heavy atom. The quantitative estimate of drug-likeness (QED) is 0.0505. The van der Waals surface area contributed by atoms with E-state index in [1.807, 2.05) is 0 Å². The van der Waals surface area contributed by atoms with Crippen molar-refractivity contribution in [3.63, 3.8) is 0 Å². The van der Waals surface area contributed by atoms with Crippen LogP contribution in [0.2, 0.25) is 0 Å². The van der Waals surface area contributed by atoms with Gasteiger partial charge in [-0.05, 0) is 18.5 Å². The number of phosphoric ester groups is 1. The second-order valence-electron chi connectivity index (χ2n) is 10.9. The number of carbonyl (C=O) groups is 1. The Bertz CT molecular complexity index is 1120. The van der Waals surface area contributed by atoms with E-state index in [-0.39, 0.29) is 26.1 Å². The van der Waals surface area contributed by atoms with Crippen LogP contribution >= 0.6 is 7.82 Å². The molecule has 12 N–H and O–H groups in total. The minimum absolute atomic E-state index is 0.0269. The monoisotopic (exact) mass is 700 g/mol. The molecule has 2 aliphatic heterocycles. The zero-order valence-corrected chi connectivity index (χ0v) is 26.2. The molecule has 13 atom stereocenters. The van der Waals surface area contributed by atoms with Crippen molar-refractivity contribution < 1.29 is 83.1 Å². The van der Waals surface area contributed by atoms with E-state index >= 15 is 0 Å². The highest BCUT2D eigenvalue weighted by Gasteiger charge is 2.55. The van der Waals surface area contributed by atoms with E-state index in [2.05, 4.69) is 5.32 Å². The third-order valence-corrected chi connectivity index (χ3v) is 8.37. The Hall–Kier alpha value is -1.72. The maximum Gasteiger partial charge on any atom is 0.472 e. The summed E-state index contributed by atoms with van der Waals surface area (Å²) in [7, 11) is -5.11. The van der Waals surface area contributed by atoms with Gasteiger partial charge in [0.05, 0.1) is 32.8 Å². The van der Waals surface area contributed by atoms with E-state index < -0.39 is 107 Å². The van der Waals surface area contributed by atoms with Gasteiger partial charge in [-0.2, -0.15) is 0 Å². The van der Waals surface area contributed by atoms with Crippen molar-refractivity contribution in [3.8, 4) is 0 Å². The standard InChI is InChI=1S/C27H45N2O17P/c28-7-4-9-41-26-20(37)24(18(35)22(43-26)15(32)12-30)45-27-21(38)25(19(36)23(44-27)16(33)13-31)46-47(39,40)42-10-8-29-17(34)11-14-5-2-1-3-6-14/h1-3,5-6,15-16,18-27,30-33,35-38H,4,7-13,28H2,(H,29,34)(H,39,40)/t15-,16-,18+,19+,20-,21-,22+,23+,24-,25-,26-,27+/m0/s1. The van der Waals surface area contributed by atoms with Crippen molar-refractivity contribution in [2.75, 3.05) is 39.5 Å². The fraction of sp³-hybridized carbons (Fsp3) is 0.741. The molecular formula is C27H45N2O17P. The first-order valence-electron chi connectivity index (χ1n) is 14.9. The van der Waals surface area contributed by atoms with Gasteiger partial charge in [-0.25, -0.2) is 4.57 Å². The molecule has 20 heteroatoms. The van der Waals surface area contributed by atoms with Gasteiger partial charge >= 0.3 is 7.82 Å². The Balaban J connectivity index is 1.71. The first-order valence-corrected chi connectivity index (χ1v) is 16.4. The van der Waals surface area contributed by atoms with Gasteiger partial charge < -0.3 is 75.7 Å². The number of aliphatic hydroxyl groups is 8. The topological polar surface area (TPSA) is 310 Å². The van der Waals surface area contributed by atoms with E-state index in [9.17, 15) is 55.1 Å². The van der Waals surface area contributed by atoms with Crippen molar-refractivity contribution in [2.45, 2.75) is 86.5 Å². The predicted octanol–water partition coefficient (Wildman–Crippen LogP) is -4.80. The average molecular weight is 701 g/mol. The molecule has 3 rings (SSSR count). The number of amides is 1. The zero-order chi connectivity index (χ0) is 34.7. The number of phosphoric acid groups is 1. The van der Waals surface area contributed by atoms with Crippen LogP contribution in [0.4, 0.5) is 0 Å². The van der Waals surface area contributed by atoms with Crippen LogP contribution in [0.5, 0.6) is 0 Å². The number of ether oxygens (including phenoxy) is 4. The Labute approximate surface area is 270 Å². The second-order valence-corrected chi connectivity index (χ2v) is 12.3. The highest BCUT2D eigenvalue weighted by molar-refractivity contribution is 7.47. The van der Waals surface area contributed by atoms with E-state index in [0.29, 0.717) is 6.42 Å². The summed E-state index contributed by atoms with van der Waals surface area (Å²) in [5, 5.41) is 85.5. The molecule has 0 aliphatic carbocycles. The van der Waals surface area contributed by atoms with Gasteiger partial charge in [-0.1, -0.05) is 30.3 Å². The summed E-state index contributed by atoms with van der Waals surface area (Å²) in [6.45, 7) is -2.43. The first kappa shape index (κ1) is 39.7. The van der Waals surface area contributed by atoms with Crippen LogP contribution in [-0.2, 0) is 43.8 Å². The lowest BCUT2D eigenvalue weighted by atomic mass is 9.93. The molecule has 1 aromatic carbocycles. The van der Waals surface area contributed by atoms with E-state index in [1.165, 1.54) is 0 Å². The lowest BCUT2D eigenvalue weighted by molar-refractivity contribution is -0.366. The molecular weight excluding hydrogens is 655 g/mol. The van der Waals surface area contributed by atoms with E-state index in [0.717, 1.165) is 5.56 Å². The van der Waals surface area contributed by atoms with Crippen molar-refractivity contribution in [3.05, 3.63) is 35.9 Å². The van der Waals surface area contributed by atoms with E-state index in [4.69, 9.17) is 33.7 Å². The Morgan fingerprint density at radius 2 is 1.47 bits per heavy atom. The predicted molar refractivity (Wildman–Crippen MR) is 156 cm³/mol. The smallest absolute Gasteiger partial charge is 0.394 e. The maximum absolute atomic E-state index is 12.8.